The molecule has 122 valence electrons. The van der Waals surface area contributed by atoms with Crippen LogP contribution in [0.15, 0.2) is 47.1 Å². The summed E-state index contributed by atoms with van der Waals surface area (Å²) < 4.78 is 5.12. The summed E-state index contributed by atoms with van der Waals surface area (Å²) in [5.41, 5.74) is 0.706. The number of furan rings is 1. The lowest BCUT2D eigenvalue weighted by Crippen LogP contribution is -2.44. The smallest absolute Gasteiger partial charge is 0.242 e. The van der Waals surface area contributed by atoms with Crippen molar-refractivity contribution in [3.8, 4) is 5.75 Å². The van der Waals surface area contributed by atoms with Gasteiger partial charge in [0.2, 0.25) is 11.8 Å². The second-order valence-corrected chi connectivity index (χ2v) is 5.22. The normalized spacial score (nSPS) is 11.7. The van der Waals surface area contributed by atoms with Crippen molar-refractivity contribution in [1.29, 1.82) is 0 Å². The van der Waals surface area contributed by atoms with Crippen LogP contribution in [-0.2, 0) is 22.6 Å². The van der Waals surface area contributed by atoms with Gasteiger partial charge < -0.3 is 20.2 Å². The molecule has 0 aliphatic carbocycles. The summed E-state index contributed by atoms with van der Waals surface area (Å²) >= 11 is 0. The number of aryl methyl sites for hydroxylation is 1. The first kappa shape index (κ1) is 16.6. The van der Waals surface area contributed by atoms with Crippen LogP contribution in [0.2, 0.25) is 0 Å². The highest BCUT2D eigenvalue weighted by Crippen LogP contribution is 2.17. The minimum absolute atomic E-state index is 0.171. The van der Waals surface area contributed by atoms with Crippen molar-refractivity contribution in [3.05, 3.63) is 54.0 Å². The van der Waals surface area contributed by atoms with Crippen molar-refractivity contribution in [2.24, 2.45) is 0 Å². The van der Waals surface area contributed by atoms with Gasteiger partial charge in [0.15, 0.2) is 0 Å². The molecule has 0 saturated carbocycles. The zero-order chi connectivity index (χ0) is 16.7. The second kappa shape index (κ2) is 8.03. The third-order valence-corrected chi connectivity index (χ3v) is 3.40. The minimum atomic E-state index is -0.637. The fraction of sp³-hybridized carbons (Fsp3) is 0.294. The molecule has 23 heavy (non-hydrogen) atoms. The summed E-state index contributed by atoms with van der Waals surface area (Å²) in [6, 6.07) is 9.74. The highest BCUT2D eigenvalue weighted by Gasteiger charge is 2.15. The molecule has 0 saturated heterocycles. The van der Waals surface area contributed by atoms with Gasteiger partial charge in [0, 0.05) is 6.42 Å². The van der Waals surface area contributed by atoms with Gasteiger partial charge in [0.05, 0.1) is 12.8 Å². The monoisotopic (exact) mass is 316 g/mol. The van der Waals surface area contributed by atoms with E-state index in [4.69, 9.17) is 4.42 Å². The third kappa shape index (κ3) is 5.18. The van der Waals surface area contributed by atoms with Crippen LogP contribution in [0, 0.1) is 0 Å². The van der Waals surface area contributed by atoms with Crippen molar-refractivity contribution in [1.82, 2.24) is 10.6 Å². The Balaban J connectivity index is 1.73. The largest absolute Gasteiger partial charge is 0.508 e. The van der Waals surface area contributed by atoms with Crippen molar-refractivity contribution in [3.63, 3.8) is 0 Å². The van der Waals surface area contributed by atoms with Crippen LogP contribution < -0.4 is 10.6 Å². The molecule has 2 aromatic rings. The van der Waals surface area contributed by atoms with Gasteiger partial charge in [-0.2, -0.15) is 0 Å². The summed E-state index contributed by atoms with van der Waals surface area (Å²) in [5, 5.41) is 15.0. The van der Waals surface area contributed by atoms with Crippen LogP contribution in [0.25, 0.3) is 0 Å². The fourth-order valence-corrected chi connectivity index (χ4v) is 2.09. The Morgan fingerprint density at radius 3 is 2.70 bits per heavy atom. The van der Waals surface area contributed by atoms with E-state index in [2.05, 4.69) is 10.6 Å². The first-order valence-electron chi connectivity index (χ1n) is 7.42. The van der Waals surface area contributed by atoms with E-state index in [1.807, 2.05) is 0 Å². The number of amides is 2. The summed E-state index contributed by atoms with van der Waals surface area (Å²) in [5.74, 6) is 0.298. The SMILES string of the molecule is C[C@@H](NC(=O)CCc1ccccc1O)C(=O)NCc1ccco1. The van der Waals surface area contributed by atoms with Gasteiger partial charge >= 0.3 is 0 Å². The Bertz CT molecular complexity index is 652. The summed E-state index contributed by atoms with van der Waals surface area (Å²) in [6.07, 6.45) is 2.15. The molecular weight excluding hydrogens is 296 g/mol. The van der Waals surface area contributed by atoms with E-state index in [0.29, 0.717) is 17.7 Å². The summed E-state index contributed by atoms with van der Waals surface area (Å²) in [6.45, 7) is 1.90. The zero-order valence-electron chi connectivity index (χ0n) is 12.9. The molecule has 2 amide bonds. The topological polar surface area (TPSA) is 91.6 Å². The first-order chi connectivity index (χ1) is 11.1. The van der Waals surface area contributed by atoms with E-state index in [1.165, 1.54) is 6.26 Å². The van der Waals surface area contributed by atoms with E-state index in [9.17, 15) is 14.7 Å². The molecule has 0 fully saturated rings. The Labute approximate surface area is 134 Å². The maximum absolute atomic E-state index is 11.9. The number of para-hydroxylation sites is 1. The van der Waals surface area contributed by atoms with Crippen LogP contribution in [-0.4, -0.2) is 23.0 Å². The predicted octanol–water partition coefficient (Wildman–Crippen LogP) is 1.74. The Morgan fingerprint density at radius 1 is 1.22 bits per heavy atom. The quantitative estimate of drug-likeness (QED) is 0.725. The number of phenolic OH excluding ortho intramolecular Hbond substituents is 1. The Kier molecular flexibility index (Phi) is 5.80. The molecular formula is C17H20N2O4. The van der Waals surface area contributed by atoms with Crippen LogP contribution in [0.3, 0.4) is 0 Å². The van der Waals surface area contributed by atoms with Crippen LogP contribution in [0.1, 0.15) is 24.7 Å². The molecule has 0 aliphatic heterocycles. The van der Waals surface area contributed by atoms with Gasteiger partial charge in [-0.25, -0.2) is 0 Å². The molecule has 1 aromatic carbocycles. The lowest BCUT2D eigenvalue weighted by molar-refractivity contribution is -0.128. The number of carbonyl (C=O) groups excluding carboxylic acids is 2. The van der Waals surface area contributed by atoms with E-state index >= 15 is 0 Å². The number of phenols is 1. The minimum Gasteiger partial charge on any atom is -0.508 e. The van der Waals surface area contributed by atoms with Gasteiger partial charge in [-0.05, 0) is 37.1 Å². The number of carbonyl (C=O) groups is 2. The standard InChI is InChI=1S/C17H20N2O4/c1-12(17(22)18-11-14-6-4-10-23-14)19-16(21)9-8-13-5-2-3-7-15(13)20/h2-7,10,12,20H,8-9,11H2,1H3,(H,18,22)(H,19,21)/t12-/m1/s1. The maximum atomic E-state index is 11.9. The van der Waals surface area contributed by atoms with Gasteiger partial charge in [-0.1, -0.05) is 18.2 Å². The molecule has 6 heteroatoms. The predicted molar refractivity (Wildman–Crippen MR) is 84.6 cm³/mol. The Morgan fingerprint density at radius 2 is 2.00 bits per heavy atom. The number of rotatable bonds is 7. The molecule has 0 aliphatic rings. The summed E-state index contributed by atoms with van der Waals surface area (Å²) in [4.78, 5) is 23.8. The van der Waals surface area contributed by atoms with E-state index in [-0.39, 0.29) is 30.5 Å². The average Bonchev–Trinajstić information content (AvgIpc) is 3.05. The molecule has 1 aromatic heterocycles. The van der Waals surface area contributed by atoms with Gasteiger partial charge in [-0.15, -0.1) is 0 Å². The molecule has 1 heterocycles. The molecule has 1 atom stereocenters. The average molecular weight is 316 g/mol. The molecule has 0 bridgehead atoms. The first-order valence-corrected chi connectivity index (χ1v) is 7.42. The Hall–Kier alpha value is -2.76. The number of aromatic hydroxyl groups is 1. The highest BCUT2D eigenvalue weighted by molar-refractivity contribution is 5.87. The molecule has 3 N–H and O–H groups in total. The lowest BCUT2D eigenvalue weighted by Gasteiger charge is -2.13. The fourth-order valence-electron chi connectivity index (χ4n) is 2.09. The highest BCUT2D eigenvalue weighted by atomic mass is 16.3. The van der Waals surface area contributed by atoms with Crippen molar-refractivity contribution in [2.45, 2.75) is 32.4 Å². The number of hydrogen-bond donors (Lipinski definition) is 3. The van der Waals surface area contributed by atoms with Crippen LogP contribution >= 0.6 is 0 Å². The van der Waals surface area contributed by atoms with Crippen molar-refractivity contribution < 1.29 is 19.1 Å². The van der Waals surface area contributed by atoms with Gasteiger partial charge in [0.1, 0.15) is 17.6 Å². The van der Waals surface area contributed by atoms with Crippen molar-refractivity contribution in [2.75, 3.05) is 0 Å². The maximum Gasteiger partial charge on any atom is 0.242 e. The summed E-state index contributed by atoms with van der Waals surface area (Å²) in [7, 11) is 0. The molecule has 6 nitrogen and oxygen atoms in total. The molecule has 2 rings (SSSR count). The number of nitrogens with one attached hydrogen (secondary N) is 2. The number of benzene rings is 1. The number of hydrogen-bond acceptors (Lipinski definition) is 4. The van der Waals surface area contributed by atoms with Gasteiger partial charge in [-0.3, -0.25) is 9.59 Å². The molecule has 0 spiro atoms. The lowest BCUT2D eigenvalue weighted by atomic mass is 10.1. The molecule has 0 unspecified atom stereocenters. The van der Waals surface area contributed by atoms with Gasteiger partial charge in [0.25, 0.3) is 0 Å². The van der Waals surface area contributed by atoms with Crippen molar-refractivity contribution >= 4 is 11.8 Å². The zero-order valence-corrected chi connectivity index (χ0v) is 12.9. The van der Waals surface area contributed by atoms with E-state index in [0.717, 1.165) is 0 Å². The second-order valence-electron chi connectivity index (χ2n) is 5.22. The van der Waals surface area contributed by atoms with Crippen LogP contribution in [0.4, 0.5) is 0 Å². The third-order valence-electron chi connectivity index (χ3n) is 3.40. The molecule has 0 radical (unpaired) electrons. The van der Waals surface area contributed by atoms with Crippen LogP contribution in [0.5, 0.6) is 5.75 Å². The van der Waals surface area contributed by atoms with E-state index < -0.39 is 6.04 Å². The van der Waals surface area contributed by atoms with E-state index in [1.54, 1.807) is 43.3 Å².